The Labute approximate surface area is 102 Å². The molecule has 1 aromatic heterocycles. The molecule has 1 saturated carbocycles. The summed E-state index contributed by atoms with van der Waals surface area (Å²) in [6.45, 7) is 3.82. The monoisotopic (exact) mass is 230 g/mol. The summed E-state index contributed by atoms with van der Waals surface area (Å²) < 4.78 is 6.15. The van der Waals surface area contributed by atoms with Crippen molar-refractivity contribution >= 4 is 0 Å². The average molecular weight is 230 g/mol. The van der Waals surface area contributed by atoms with E-state index in [0.29, 0.717) is 6.10 Å². The highest BCUT2D eigenvalue weighted by molar-refractivity contribution is 5.11. The summed E-state index contributed by atoms with van der Waals surface area (Å²) >= 11 is 0. The van der Waals surface area contributed by atoms with Gasteiger partial charge in [-0.1, -0.05) is 6.07 Å². The highest BCUT2D eigenvalue weighted by Crippen LogP contribution is 2.44. The van der Waals surface area contributed by atoms with Crippen LogP contribution >= 0.6 is 0 Å². The molecule has 4 fully saturated rings. The maximum Gasteiger partial charge on any atom is 0.213 e. The highest BCUT2D eigenvalue weighted by atomic mass is 16.5. The van der Waals surface area contributed by atoms with Crippen molar-refractivity contribution in [3.8, 4) is 5.88 Å². The van der Waals surface area contributed by atoms with Gasteiger partial charge in [-0.3, -0.25) is 0 Å². The molecule has 4 heterocycles. The molecule has 3 nitrogen and oxygen atoms in total. The molecule has 0 spiro atoms. The summed E-state index contributed by atoms with van der Waals surface area (Å²) in [5, 5.41) is 0. The van der Waals surface area contributed by atoms with Gasteiger partial charge in [-0.15, -0.1) is 0 Å². The number of nitrogens with zero attached hydrogens (tertiary/aromatic N) is 2. The first-order valence-corrected chi connectivity index (χ1v) is 6.68. The van der Waals surface area contributed by atoms with Crippen molar-refractivity contribution < 1.29 is 4.74 Å². The molecular weight excluding hydrogens is 212 g/mol. The van der Waals surface area contributed by atoms with E-state index in [9.17, 15) is 0 Å². The van der Waals surface area contributed by atoms with Crippen LogP contribution in [0.5, 0.6) is 5.88 Å². The van der Waals surface area contributed by atoms with E-state index >= 15 is 0 Å². The van der Waals surface area contributed by atoms with Gasteiger partial charge in [0, 0.05) is 43.7 Å². The normalized spacial score (nSPS) is 42.7. The first-order chi connectivity index (χ1) is 8.38. The summed E-state index contributed by atoms with van der Waals surface area (Å²) in [5.74, 6) is 3.22. The van der Waals surface area contributed by atoms with Crippen LogP contribution in [0.4, 0.5) is 0 Å². The summed E-state index contributed by atoms with van der Waals surface area (Å²) in [6, 6.07) is 5.92. The maximum atomic E-state index is 6.15. The molecule has 3 saturated heterocycles. The van der Waals surface area contributed by atoms with E-state index in [4.69, 9.17) is 4.74 Å². The third-order valence-corrected chi connectivity index (χ3v) is 4.60. The van der Waals surface area contributed by atoms with Gasteiger partial charge >= 0.3 is 0 Å². The molecule has 4 bridgehead atoms. The topological polar surface area (TPSA) is 25.4 Å². The number of pyridine rings is 1. The molecule has 3 aliphatic heterocycles. The van der Waals surface area contributed by atoms with Gasteiger partial charge in [0.2, 0.25) is 5.88 Å². The average Bonchev–Trinajstić information content (AvgIpc) is 2.34. The van der Waals surface area contributed by atoms with Crippen LogP contribution in [-0.2, 0) is 0 Å². The Bertz CT molecular complexity index is 378. The highest BCUT2D eigenvalue weighted by Gasteiger charge is 2.48. The van der Waals surface area contributed by atoms with E-state index in [0.717, 1.165) is 23.6 Å². The Balaban J connectivity index is 1.55. The smallest absolute Gasteiger partial charge is 0.213 e. The molecule has 3 heteroatoms. The van der Waals surface area contributed by atoms with Crippen molar-refractivity contribution in [3.63, 3.8) is 0 Å². The van der Waals surface area contributed by atoms with Gasteiger partial charge in [-0.05, 0) is 24.8 Å². The minimum Gasteiger partial charge on any atom is -0.474 e. The lowest BCUT2D eigenvalue weighted by Crippen LogP contribution is -2.61. The Kier molecular flexibility index (Phi) is 2.15. The number of aromatic nitrogens is 1. The second-order valence-corrected chi connectivity index (χ2v) is 5.83. The maximum absolute atomic E-state index is 6.15. The van der Waals surface area contributed by atoms with Crippen LogP contribution in [0, 0.1) is 17.8 Å². The second-order valence-electron chi connectivity index (χ2n) is 5.83. The number of ether oxygens (including phenoxy) is 1. The predicted molar refractivity (Wildman–Crippen MR) is 64.8 cm³/mol. The lowest BCUT2D eigenvalue weighted by atomic mass is 9.66. The van der Waals surface area contributed by atoms with Gasteiger partial charge in [-0.25, -0.2) is 4.98 Å². The van der Waals surface area contributed by atoms with Crippen LogP contribution in [0.1, 0.15) is 12.8 Å². The number of rotatable bonds is 2. The van der Waals surface area contributed by atoms with Gasteiger partial charge in [0.1, 0.15) is 6.10 Å². The summed E-state index contributed by atoms with van der Waals surface area (Å²) in [5.41, 5.74) is 0. The van der Waals surface area contributed by atoms with E-state index in [1.54, 1.807) is 0 Å². The molecule has 90 valence electrons. The Morgan fingerprint density at radius 3 is 2.59 bits per heavy atom. The number of hydrogen-bond acceptors (Lipinski definition) is 3. The van der Waals surface area contributed by atoms with Crippen molar-refractivity contribution in [2.75, 3.05) is 19.6 Å². The molecule has 0 amide bonds. The third kappa shape index (κ3) is 1.64. The molecule has 0 aromatic carbocycles. The molecule has 0 N–H and O–H groups in total. The minimum atomic E-state index is 0.415. The number of hydrogen-bond donors (Lipinski definition) is 0. The fourth-order valence-corrected chi connectivity index (χ4v) is 4.11. The lowest BCUT2D eigenvalue weighted by molar-refractivity contribution is -0.0997. The first-order valence-electron chi connectivity index (χ1n) is 6.68. The van der Waals surface area contributed by atoms with Crippen LogP contribution in [0.15, 0.2) is 24.4 Å². The Morgan fingerprint density at radius 2 is 1.94 bits per heavy atom. The van der Waals surface area contributed by atoms with Crippen molar-refractivity contribution in [2.24, 2.45) is 17.8 Å². The first kappa shape index (κ1) is 9.89. The van der Waals surface area contributed by atoms with Gasteiger partial charge in [-0.2, -0.15) is 0 Å². The van der Waals surface area contributed by atoms with E-state index in [1.807, 2.05) is 24.4 Å². The predicted octanol–water partition coefficient (Wildman–Crippen LogP) is 1.80. The largest absolute Gasteiger partial charge is 0.474 e. The fraction of sp³-hybridized carbons (Fsp3) is 0.643. The summed E-state index contributed by atoms with van der Waals surface area (Å²) in [4.78, 5) is 6.92. The zero-order chi connectivity index (χ0) is 11.2. The molecular formula is C14H18N2O. The van der Waals surface area contributed by atoms with Gasteiger partial charge in [0.15, 0.2) is 0 Å². The molecule has 2 atom stereocenters. The van der Waals surface area contributed by atoms with Crippen molar-refractivity contribution in [3.05, 3.63) is 24.4 Å². The Hall–Kier alpha value is -1.09. The van der Waals surface area contributed by atoms with E-state index in [1.165, 1.54) is 32.5 Å². The van der Waals surface area contributed by atoms with Crippen LogP contribution in [0.2, 0.25) is 0 Å². The number of piperidine rings is 3. The SMILES string of the molecule is c1ccc(OC2[C@H]3CC4C[C@H]2CN(C4)C3)nc1. The molecule has 5 rings (SSSR count). The Morgan fingerprint density at radius 1 is 1.12 bits per heavy atom. The molecule has 0 unspecified atom stereocenters. The van der Waals surface area contributed by atoms with Gasteiger partial charge in [0.05, 0.1) is 0 Å². The third-order valence-electron chi connectivity index (χ3n) is 4.60. The van der Waals surface area contributed by atoms with E-state index < -0.39 is 0 Å². The molecule has 4 aliphatic rings. The molecule has 17 heavy (non-hydrogen) atoms. The quantitative estimate of drug-likeness (QED) is 0.774. The zero-order valence-electron chi connectivity index (χ0n) is 9.96. The van der Waals surface area contributed by atoms with Gasteiger partial charge in [0.25, 0.3) is 0 Å². The lowest BCUT2D eigenvalue weighted by Gasteiger charge is -2.55. The summed E-state index contributed by atoms with van der Waals surface area (Å²) in [7, 11) is 0. The molecule has 0 radical (unpaired) electrons. The van der Waals surface area contributed by atoms with E-state index in [-0.39, 0.29) is 0 Å². The van der Waals surface area contributed by atoms with Crippen molar-refractivity contribution in [2.45, 2.75) is 18.9 Å². The molecule has 1 aliphatic carbocycles. The van der Waals surface area contributed by atoms with Crippen LogP contribution in [-0.4, -0.2) is 35.6 Å². The second kappa shape index (κ2) is 3.70. The van der Waals surface area contributed by atoms with Crippen LogP contribution in [0.25, 0.3) is 0 Å². The van der Waals surface area contributed by atoms with Crippen LogP contribution < -0.4 is 4.74 Å². The van der Waals surface area contributed by atoms with Gasteiger partial charge < -0.3 is 9.64 Å². The standard InChI is InChI=1S/C14H18N2O/c1-2-4-15-13(3-1)17-14-11-5-10-6-12(14)9-16(7-10)8-11/h1-4,10-12,14H,5-9H2/t10?,11-,12-,14?/m0/s1. The fourth-order valence-electron chi connectivity index (χ4n) is 4.11. The van der Waals surface area contributed by atoms with E-state index in [2.05, 4.69) is 9.88 Å². The zero-order valence-corrected chi connectivity index (χ0v) is 9.96. The molecule has 1 aromatic rings. The minimum absolute atomic E-state index is 0.415. The van der Waals surface area contributed by atoms with Crippen molar-refractivity contribution in [1.82, 2.24) is 9.88 Å². The van der Waals surface area contributed by atoms with Crippen LogP contribution in [0.3, 0.4) is 0 Å². The summed E-state index contributed by atoms with van der Waals surface area (Å²) in [6.07, 6.45) is 4.96. The van der Waals surface area contributed by atoms with Crippen molar-refractivity contribution in [1.29, 1.82) is 0 Å².